The topological polar surface area (TPSA) is 75.7 Å². The minimum absolute atomic E-state index is 0.0672. The molecule has 1 aliphatic rings. The maximum atomic E-state index is 12.9. The second-order valence-electron chi connectivity index (χ2n) is 6.42. The lowest BCUT2D eigenvalue weighted by Gasteiger charge is -2.32. The lowest BCUT2D eigenvalue weighted by Crippen LogP contribution is -2.46. The predicted molar refractivity (Wildman–Crippen MR) is 99.3 cm³/mol. The van der Waals surface area contributed by atoms with Crippen molar-refractivity contribution < 1.29 is 22.3 Å². The molecule has 1 heterocycles. The van der Waals surface area contributed by atoms with Crippen molar-refractivity contribution in [1.29, 1.82) is 0 Å². The van der Waals surface area contributed by atoms with E-state index in [9.17, 15) is 17.6 Å². The van der Waals surface area contributed by atoms with Crippen molar-refractivity contribution in [3.63, 3.8) is 0 Å². The van der Waals surface area contributed by atoms with E-state index in [4.69, 9.17) is 4.74 Å². The van der Waals surface area contributed by atoms with Crippen molar-refractivity contribution >= 4 is 21.6 Å². The van der Waals surface area contributed by atoms with Gasteiger partial charge in [-0.15, -0.1) is 0 Å². The standard InChI is InChI=1S/C19H21FN2O4S/c1-14-13-26-10-9-22(14)27(24,25)18-4-2-3-17(12-18)21-19(23)11-15-5-7-16(20)8-6-15/h2-8,12,14H,9-11,13H2,1H3,(H,21,23). The smallest absolute Gasteiger partial charge is 0.243 e. The summed E-state index contributed by atoms with van der Waals surface area (Å²) in [5.41, 5.74) is 1.06. The van der Waals surface area contributed by atoms with E-state index in [1.807, 2.05) is 0 Å². The van der Waals surface area contributed by atoms with Gasteiger partial charge >= 0.3 is 0 Å². The predicted octanol–water partition coefficient (Wildman–Crippen LogP) is 2.42. The molecule has 3 rings (SSSR count). The minimum atomic E-state index is -3.67. The van der Waals surface area contributed by atoms with Crippen LogP contribution in [0.5, 0.6) is 0 Å². The number of amides is 1. The quantitative estimate of drug-likeness (QED) is 0.848. The van der Waals surface area contributed by atoms with E-state index in [-0.39, 0.29) is 29.1 Å². The van der Waals surface area contributed by atoms with E-state index in [2.05, 4.69) is 5.32 Å². The first-order valence-corrected chi connectivity index (χ1v) is 10.0. The third kappa shape index (κ3) is 4.71. The van der Waals surface area contributed by atoms with Crippen molar-refractivity contribution in [1.82, 2.24) is 4.31 Å². The number of nitrogens with zero attached hydrogens (tertiary/aromatic N) is 1. The Balaban J connectivity index is 1.73. The average Bonchev–Trinajstić information content (AvgIpc) is 2.64. The largest absolute Gasteiger partial charge is 0.378 e. The molecule has 27 heavy (non-hydrogen) atoms. The summed E-state index contributed by atoms with van der Waals surface area (Å²) >= 11 is 0. The van der Waals surface area contributed by atoms with Gasteiger partial charge in [-0.3, -0.25) is 4.79 Å². The van der Waals surface area contributed by atoms with Gasteiger partial charge < -0.3 is 10.1 Å². The lowest BCUT2D eigenvalue weighted by molar-refractivity contribution is -0.115. The maximum Gasteiger partial charge on any atom is 0.243 e. The Kier molecular flexibility index (Phi) is 5.88. The van der Waals surface area contributed by atoms with Gasteiger partial charge in [0.2, 0.25) is 15.9 Å². The Bertz CT molecular complexity index is 916. The van der Waals surface area contributed by atoms with Crippen molar-refractivity contribution in [2.45, 2.75) is 24.3 Å². The molecule has 1 fully saturated rings. The highest BCUT2D eigenvalue weighted by Gasteiger charge is 2.31. The fourth-order valence-electron chi connectivity index (χ4n) is 2.93. The van der Waals surface area contributed by atoms with Crippen LogP contribution in [0.2, 0.25) is 0 Å². The minimum Gasteiger partial charge on any atom is -0.378 e. The molecule has 6 nitrogen and oxygen atoms in total. The molecule has 0 spiro atoms. The molecule has 0 saturated carbocycles. The monoisotopic (exact) mass is 392 g/mol. The molecule has 0 aliphatic carbocycles. The van der Waals surface area contributed by atoms with Crippen LogP contribution in [-0.4, -0.2) is 44.4 Å². The third-order valence-corrected chi connectivity index (χ3v) is 6.32. The normalized spacial score (nSPS) is 18.2. The highest BCUT2D eigenvalue weighted by atomic mass is 32.2. The summed E-state index contributed by atoms with van der Waals surface area (Å²) < 4.78 is 45.4. The highest BCUT2D eigenvalue weighted by molar-refractivity contribution is 7.89. The Hall–Kier alpha value is -2.29. The van der Waals surface area contributed by atoms with Gasteiger partial charge in [0, 0.05) is 18.3 Å². The summed E-state index contributed by atoms with van der Waals surface area (Å²) in [5, 5.41) is 2.69. The second-order valence-corrected chi connectivity index (χ2v) is 8.31. The summed E-state index contributed by atoms with van der Waals surface area (Å²) in [6.45, 7) is 2.81. The molecule has 2 aromatic rings. The van der Waals surface area contributed by atoms with Crippen LogP contribution >= 0.6 is 0 Å². The number of anilines is 1. The number of halogens is 1. The van der Waals surface area contributed by atoms with Gasteiger partial charge in [-0.1, -0.05) is 18.2 Å². The summed E-state index contributed by atoms with van der Waals surface area (Å²) in [5.74, 6) is -0.676. The molecule has 0 aromatic heterocycles. The Morgan fingerprint density at radius 1 is 1.26 bits per heavy atom. The molecule has 1 atom stereocenters. The van der Waals surface area contributed by atoms with Crippen molar-refractivity contribution in [3.8, 4) is 0 Å². The number of sulfonamides is 1. The van der Waals surface area contributed by atoms with Crippen LogP contribution in [0.3, 0.4) is 0 Å². The molecule has 2 aromatic carbocycles. The first-order valence-electron chi connectivity index (χ1n) is 8.60. The summed E-state index contributed by atoms with van der Waals surface area (Å²) in [6.07, 6.45) is 0.0672. The maximum absolute atomic E-state index is 12.9. The van der Waals surface area contributed by atoms with Crippen LogP contribution in [0.4, 0.5) is 10.1 Å². The number of hydrogen-bond acceptors (Lipinski definition) is 4. The average molecular weight is 392 g/mol. The van der Waals surface area contributed by atoms with E-state index in [0.717, 1.165) is 0 Å². The number of rotatable bonds is 5. The zero-order valence-corrected chi connectivity index (χ0v) is 15.7. The van der Waals surface area contributed by atoms with Gasteiger partial charge in [0.25, 0.3) is 0 Å². The zero-order chi connectivity index (χ0) is 19.4. The molecule has 1 saturated heterocycles. The zero-order valence-electron chi connectivity index (χ0n) is 14.9. The first-order chi connectivity index (χ1) is 12.9. The van der Waals surface area contributed by atoms with Crippen molar-refractivity contribution in [2.24, 2.45) is 0 Å². The number of ether oxygens (including phenoxy) is 1. The van der Waals surface area contributed by atoms with Crippen LogP contribution in [0.25, 0.3) is 0 Å². The fraction of sp³-hybridized carbons (Fsp3) is 0.316. The number of benzene rings is 2. The van der Waals surface area contributed by atoms with Gasteiger partial charge in [-0.2, -0.15) is 4.31 Å². The lowest BCUT2D eigenvalue weighted by atomic mass is 10.1. The van der Waals surface area contributed by atoms with Crippen LogP contribution in [-0.2, 0) is 26.0 Å². The Morgan fingerprint density at radius 2 is 2.00 bits per heavy atom. The first kappa shape index (κ1) is 19.5. The van der Waals surface area contributed by atoms with Crippen molar-refractivity contribution in [2.75, 3.05) is 25.1 Å². The summed E-state index contributed by atoms with van der Waals surface area (Å²) in [7, 11) is -3.67. The summed E-state index contributed by atoms with van der Waals surface area (Å²) in [4.78, 5) is 12.3. The van der Waals surface area contributed by atoms with Gasteiger partial charge in [-0.25, -0.2) is 12.8 Å². The molecule has 0 bridgehead atoms. The molecular weight excluding hydrogens is 371 g/mol. The number of carbonyl (C=O) groups excluding carboxylic acids is 1. The van der Waals surface area contributed by atoms with Crippen LogP contribution < -0.4 is 5.32 Å². The van der Waals surface area contributed by atoms with Gasteiger partial charge in [-0.05, 0) is 42.8 Å². The molecule has 1 amide bonds. The van der Waals surface area contributed by atoms with Gasteiger partial charge in [0.15, 0.2) is 0 Å². The fourth-order valence-corrected chi connectivity index (χ4v) is 4.58. The molecule has 1 unspecified atom stereocenters. The van der Waals surface area contributed by atoms with Crippen LogP contribution in [0.15, 0.2) is 53.4 Å². The van der Waals surface area contributed by atoms with Crippen molar-refractivity contribution in [3.05, 3.63) is 59.9 Å². The van der Waals surface area contributed by atoms with Crippen LogP contribution in [0, 0.1) is 5.82 Å². The number of nitrogens with one attached hydrogen (secondary N) is 1. The molecule has 144 valence electrons. The molecular formula is C19H21FN2O4S. The van der Waals surface area contributed by atoms with Gasteiger partial charge in [0.05, 0.1) is 24.5 Å². The van der Waals surface area contributed by atoms with E-state index in [1.54, 1.807) is 19.1 Å². The summed E-state index contributed by atoms with van der Waals surface area (Å²) in [6, 6.07) is 11.6. The SMILES string of the molecule is CC1COCCN1S(=O)(=O)c1cccc(NC(=O)Cc2ccc(F)cc2)c1. The highest BCUT2D eigenvalue weighted by Crippen LogP contribution is 2.23. The van der Waals surface area contributed by atoms with Crippen LogP contribution in [0.1, 0.15) is 12.5 Å². The molecule has 0 radical (unpaired) electrons. The van der Waals surface area contributed by atoms with E-state index >= 15 is 0 Å². The van der Waals surface area contributed by atoms with E-state index in [1.165, 1.54) is 40.7 Å². The molecule has 1 aliphatic heterocycles. The van der Waals surface area contributed by atoms with E-state index in [0.29, 0.717) is 31.0 Å². The molecule has 1 N–H and O–H groups in total. The second kappa shape index (κ2) is 8.16. The number of hydrogen-bond donors (Lipinski definition) is 1. The third-order valence-electron chi connectivity index (χ3n) is 4.31. The van der Waals surface area contributed by atoms with Gasteiger partial charge in [0.1, 0.15) is 5.82 Å². The Morgan fingerprint density at radius 3 is 2.70 bits per heavy atom. The van der Waals surface area contributed by atoms with E-state index < -0.39 is 10.0 Å². The number of morpholine rings is 1. The Labute approximate surface area is 158 Å². The molecule has 8 heteroatoms. The number of carbonyl (C=O) groups is 1.